The van der Waals surface area contributed by atoms with Crippen LogP contribution in [-0.2, 0) is 16.0 Å². The molecule has 0 saturated carbocycles. The summed E-state index contributed by atoms with van der Waals surface area (Å²) in [6.07, 6.45) is 4.73. The summed E-state index contributed by atoms with van der Waals surface area (Å²) in [6.45, 7) is 0. The predicted octanol–water partition coefficient (Wildman–Crippen LogP) is 0.996. The summed E-state index contributed by atoms with van der Waals surface area (Å²) in [4.78, 5) is 44.8. The third kappa shape index (κ3) is 4.39. The lowest BCUT2D eigenvalue weighted by molar-refractivity contribution is -0.137. The molecule has 0 fully saturated rings. The van der Waals surface area contributed by atoms with Crippen LogP contribution in [0.2, 0.25) is 0 Å². The molecule has 3 rings (SSSR count). The van der Waals surface area contributed by atoms with Crippen molar-refractivity contribution in [3.63, 3.8) is 0 Å². The maximum atomic E-state index is 12.7. The van der Waals surface area contributed by atoms with E-state index in [0.717, 1.165) is 17.1 Å². The highest BCUT2D eigenvalue weighted by Gasteiger charge is 2.27. The van der Waals surface area contributed by atoms with Gasteiger partial charge in [0.1, 0.15) is 10.9 Å². The number of hydrogen-bond acceptors (Lipinski definition) is 7. The average molecular weight is 381 g/mol. The van der Waals surface area contributed by atoms with Crippen molar-refractivity contribution in [2.24, 2.45) is 5.73 Å². The van der Waals surface area contributed by atoms with Crippen molar-refractivity contribution in [1.82, 2.24) is 19.7 Å². The number of carbonyl (C=O) groups is 3. The number of amides is 2. The smallest absolute Gasteiger partial charge is 0.287 e. The number of ketones is 1. The zero-order chi connectivity index (χ0) is 19.2. The van der Waals surface area contributed by atoms with Gasteiger partial charge in [-0.3, -0.25) is 14.4 Å². The summed E-state index contributed by atoms with van der Waals surface area (Å²) in [6, 6.07) is 9.60. The molecule has 0 spiro atoms. The second kappa shape index (κ2) is 8.28. The highest BCUT2D eigenvalue weighted by Crippen LogP contribution is 2.23. The van der Waals surface area contributed by atoms with Crippen LogP contribution in [0.4, 0.5) is 0 Å². The molecule has 8 nitrogen and oxygen atoms in total. The van der Waals surface area contributed by atoms with Crippen LogP contribution in [0, 0.1) is 0 Å². The summed E-state index contributed by atoms with van der Waals surface area (Å²) in [5.41, 5.74) is 6.37. The standard InChI is InChI=1S/C18H15N5O3S/c19-16(25)14(24)13(9-11-5-2-1-3-6-11)23-18(26)15-12(10-22-27-15)17-20-7-4-8-21-17/h1-8,10,13H,9H2,(H2,19,25)(H,23,26). The lowest BCUT2D eigenvalue weighted by Gasteiger charge is -2.16. The number of nitrogens with two attached hydrogens (primary N) is 1. The molecule has 0 aliphatic carbocycles. The summed E-state index contributed by atoms with van der Waals surface area (Å²) < 4.78 is 4.02. The molecule has 2 amide bonds. The third-order valence-electron chi connectivity index (χ3n) is 3.73. The monoisotopic (exact) mass is 381 g/mol. The van der Waals surface area contributed by atoms with E-state index in [1.165, 1.54) is 6.20 Å². The Bertz CT molecular complexity index is 959. The Hall–Kier alpha value is -3.46. The van der Waals surface area contributed by atoms with Gasteiger partial charge >= 0.3 is 0 Å². The first kappa shape index (κ1) is 18.3. The molecule has 1 atom stereocenters. The highest BCUT2D eigenvalue weighted by atomic mass is 32.1. The molecule has 0 aliphatic rings. The van der Waals surface area contributed by atoms with E-state index >= 15 is 0 Å². The van der Waals surface area contributed by atoms with E-state index in [0.29, 0.717) is 11.4 Å². The molecule has 2 aromatic heterocycles. The van der Waals surface area contributed by atoms with Gasteiger partial charge in [0.05, 0.1) is 11.8 Å². The fourth-order valence-corrected chi connectivity index (χ4v) is 3.10. The van der Waals surface area contributed by atoms with Crippen molar-refractivity contribution in [3.8, 4) is 11.4 Å². The average Bonchev–Trinajstić information content (AvgIpc) is 3.18. The number of hydrogen-bond donors (Lipinski definition) is 2. The summed E-state index contributed by atoms with van der Waals surface area (Å²) in [5.74, 6) is -2.17. The van der Waals surface area contributed by atoms with E-state index in [1.54, 1.807) is 42.7 Å². The fraction of sp³-hybridized carbons (Fsp3) is 0.111. The summed E-state index contributed by atoms with van der Waals surface area (Å²) in [5, 5.41) is 2.58. The number of primary amides is 1. The number of Topliss-reactive ketones (excluding diaryl/α,β-unsaturated/α-hetero) is 1. The molecule has 0 bridgehead atoms. The molecule has 1 unspecified atom stereocenters. The van der Waals surface area contributed by atoms with Crippen molar-refractivity contribution < 1.29 is 14.4 Å². The van der Waals surface area contributed by atoms with E-state index in [9.17, 15) is 14.4 Å². The lowest BCUT2D eigenvalue weighted by Crippen LogP contribution is -2.47. The molecule has 0 radical (unpaired) electrons. The molecule has 27 heavy (non-hydrogen) atoms. The van der Waals surface area contributed by atoms with Gasteiger partial charge in [-0.25, -0.2) is 9.97 Å². The van der Waals surface area contributed by atoms with Gasteiger partial charge in [0.15, 0.2) is 5.82 Å². The largest absolute Gasteiger partial charge is 0.363 e. The third-order valence-corrected chi connectivity index (χ3v) is 4.53. The Labute approximate surface area is 158 Å². The van der Waals surface area contributed by atoms with Crippen LogP contribution < -0.4 is 11.1 Å². The first-order chi connectivity index (χ1) is 13.1. The van der Waals surface area contributed by atoms with Crippen molar-refractivity contribution in [2.75, 3.05) is 0 Å². The zero-order valence-electron chi connectivity index (χ0n) is 14.0. The van der Waals surface area contributed by atoms with Gasteiger partial charge in [-0.2, -0.15) is 4.37 Å². The van der Waals surface area contributed by atoms with Crippen LogP contribution in [0.1, 0.15) is 15.2 Å². The van der Waals surface area contributed by atoms with E-state index in [1.807, 2.05) is 6.07 Å². The molecule has 1 aromatic carbocycles. The van der Waals surface area contributed by atoms with Gasteiger partial charge in [-0.15, -0.1) is 0 Å². The number of nitrogens with zero attached hydrogens (tertiary/aromatic N) is 3. The van der Waals surface area contributed by atoms with Crippen LogP contribution in [0.5, 0.6) is 0 Å². The first-order valence-corrected chi connectivity index (χ1v) is 8.74. The molecular formula is C18H15N5O3S. The Morgan fingerprint density at radius 1 is 1.07 bits per heavy atom. The predicted molar refractivity (Wildman–Crippen MR) is 98.7 cm³/mol. The Balaban J connectivity index is 1.84. The Morgan fingerprint density at radius 3 is 2.44 bits per heavy atom. The summed E-state index contributed by atoms with van der Waals surface area (Å²) in [7, 11) is 0. The van der Waals surface area contributed by atoms with Gasteiger partial charge in [0, 0.05) is 18.8 Å². The molecule has 3 aromatic rings. The normalized spacial score (nSPS) is 11.6. The van der Waals surface area contributed by atoms with Gasteiger partial charge in [0.25, 0.3) is 11.8 Å². The maximum Gasteiger partial charge on any atom is 0.287 e. The van der Waals surface area contributed by atoms with E-state index in [4.69, 9.17) is 5.73 Å². The minimum Gasteiger partial charge on any atom is -0.363 e. The second-order valence-corrected chi connectivity index (χ2v) is 6.39. The minimum absolute atomic E-state index is 0.143. The molecule has 136 valence electrons. The van der Waals surface area contributed by atoms with Crippen LogP contribution in [0.15, 0.2) is 55.0 Å². The van der Waals surface area contributed by atoms with Crippen LogP contribution in [0.25, 0.3) is 11.4 Å². The van der Waals surface area contributed by atoms with Crippen LogP contribution in [-0.4, -0.2) is 38.0 Å². The quantitative estimate of drug-likeness (QED) is 0.588. The first-order valence-electron chi connectivity index (χ1n) is 7.96. The SMILES string of the molecule is NC(=O)C(=O)C(Cc1ccccc1)NC(=O)c1sncc1-c1ncccn1. The number of carbonyl (C=O) groups excluding carboxylic acids is 3. The molecule has 9 heteroatoms. The Morgan fingerprint density at radius 2 is 1.78 bits per heavy atom. The van der Waals surface area contributed by atoms with Crippen molar-refractivity contribution >= 4 is 29.1 Å². The van der Waals surface area contributed by atoms with Crippen molar-refractivity contribution in [2.45, 2.75) is 12.5 Å². The van der Waals surface area contributed by atoms with Gasteiger partial charge in [0.2, 0.25) is 5.78 Å². The van der Waals surface area contributed by atoms with Crippen LogP contribution in [0.3, 0.4) is 0 Å². The number of rotatable bonds is 7. The van der Waals surface area contributed by atoms with E-state index in [-0.39, 0.29) is 11.3 Å². The van der Waals surface area contributed by atoms with Gasteiger partial charge in [-0.05, 0) is 23.2 Å². The molecule has 3 N–H and O–H groups in total. The van der Waals surface area contributed by atoms with E-state index in [2.05, 4.69) is 19.7 Å². The zero-order valence-corrected chi connectivity index (χ0v) is 14.8. The van der Waals surface area contributed by atoms with Crippen molar-refractivity contribution in [3.05, 3.63) is 65.4 Å². The molecular weight excluding hydrogens is 366 g/mol. The number of aromatic nitrogens is 3. The molecule has 0 aliphatic heterocycles. The molecule has 2 heterocycles. The number of benzene rings is 1. The maximum absolute atomic E-state index is 12.7. The fourth-order valence-electron chi connectivity index (χ4n) is 2.46. The van der Waals surface area contributed by atoms with Gasteiger partial charge < -0.3 is 11.1 Å². The molecule has 0 saturated heterocycles. The minimum atomic E-state index is -1.10. The second-order valence-electron chi connectivity index (χ2n) is 5.59. The topological polar surface area (TPSA) is 128 Å². The summed E-state index contributed by atoms with van der Waals surface area (Å²) >= 11 is 0.951. The van der Waals surface area contributed by atoms with Crippen molar-refractivity contribution in [1.29, 1.82) is 0 Å². The van der Waals surface area contributed by atoms with Crippen LogP contribution >= 0.6 is 11.5 Å². The highest BCUT2D eigenvalue weighted by molar-refractivity contribution is 7.08. The van der Waals surface area contributed by atoms with E-state index < -0.39 is 23.6 Å². The lowest BCUT2D eigenvalue weighted by atomic mass is 10.0. The Kier molecular flexibility index (Phi) is 5.62. The number of nitrogens with one attached hydrogen (secondary N) is 1. The van der Waals surface area contributed by atoms with Gasteiger partial charge in [-0.1, -0.05) is 30.3 Å².